The van der Waals surface area contributed by atoms with Gasteiger partial charge in [-0.25, -0.2) is 13.1 Å². The number of aliphatic hydroxyl groups excluding tert-OH is 1. The van der Waals surface area contributed by atoms with Crippen molar-refractivity contribution in [1.82, 2.24) is 4.72 Å². The molecule has 8 nitrogen and oxygen atoms in total. The number of hydrogen-bond donors (Lipinski definition) is 2. The van der Waals surface area contributed by atoms with Gasteiger partial charge in [-0.05, 0) is 108 Å². The quantitative estimate of drug-likeness (QED) is 0.161. The highest BCUT2D eigenvalue weighted by Crippen LogP contribution is 2.49. The highest BCUT2D eigenvalue weighted by Gasteiger charge is 2.53. The number of carbonyl (C=O) groups excluding carboxylic acids is 1. The molecule has 0 aromatic heterocycles. The molecule has 1 spiro atoms. The largest absolute Gasteiger partial charge is 0.490 e. The first-order chi connectivity index (χ1) is 27.8. The summed E-state index contributed by atoms with van der Waals surface area (Å²) in [5.41, 5.74) is 3.27. The molecule has 58 heavy (non-hydrogen) atoms. The second-order valence-corrected chi connectivity index (χ2v) is 24.5. The molecular formula is C48H58N2O6SSi. The molecule has 4 aromatic carbocycles. The van der Waals surface area contributed by atoms with E-state index in [1.807, 2.05) is 24.3 Å². The molecule has 6 unspecified atom stereocenters. The van der Waals surface area contributed by atoms with Gasteiger partial charge in [-0.15, -0.1) is 0 Å². The molecule has 2 N–H and O–H groups in total. The topological polar surface area (TPSA) is 105 Å². The number of carbonyl (C=O) groups is 1. The van der Waals surface area contributed by atoms with E-state index in [-0.39, 0.29) is 33.9 Å². The first-order valence-corrected chi connectivity index (χ1v) is 24.6. The average Bonchev–Trinajstić information content (AvgIpc) is 3.35. The molecule has 1 fully saturated rings. The predicted octanol–water partition coefficient (Wildman–Crippen LogP) is 7.29. The second-order valence-electron chi connectivity index (χ2n) is 18.1. The van der Waals surface area contributed by atoms with Gasteiger partial charge in [-0.2, -0.15) is 0 Å². The Morgan fingerprint density at radius 1 is 0.914 bits per heavy atom. The van der Waals surface area contributed by atoms with E-state index >= 15 is 0 Å². The predicted molar refractivity (Wildman–Crippen MR) is 234 cm³/mol. The number of aliphatic hydroxyl groups is 1. The molecule has 2 heterocycles. The Morgan fingerprint density at radius 2 is 1.59 bits per heavy atom. The molecule has 4 aliphatic rings. The van der Waals surface area contributed by atoms with Gasteiger partial charge in [0, 0.05) is 17.5 Å². The van der Waals surface area contributed by atoms with Crippen molar-refractivity contribution in [3.8, 4) is 5.75 Å². The maximum Gasteiger partial charge on any atom is 0.264 e. The number of nitrogens with one attached hydrogen (secondary N) is 1. The molecule has 6 atom stereocenters. The Hall–Kier alpha value is -4.22. The summed E-state index contributed by atoms with van der Waals surface area (Å²) in [5.74, 6) is 0.0213. The Kier molecular flexibility index (Phi) is 11.2. The smallest absolute Gasteiger partial charge is 0.264 e. The van der Waals surface area contributed by atoms with E-state index in [9.17, 15) is 18.3 Å². The molecular weight excluding hydrogens is 761 g/mol. The van der Waals surface area contributed by atoms with Crippen LogP contribution in [0.2, 0.25) is 5.04 Å². The molecule has 2 aliphatic carbocycles. The van der Waals surface area contributed by atoms with Crippen LogP contribution >= 0.6 is 0 Å². The lowest BCUT2D eigenvalue weighted by molar-refractivity contribution is 0.0164. The van der Waals surface area contributed by atoms with Crippen molar-refractivity contribution in [3.05, 3.63) is 132 Å². The summed E-state index contributed by atoms with van der Waals surface area (Å²) in [6.45, 7) is 9.96. The summed E-state index contributed by atoms with van der Waals surface area (Å²) < 4.78 is 43.9. The van der Waals surface area contributed by atoms with Gasteiger partial charge < -0.3 is 19.2 Å². The van der Waals surface area contributed by atoms with Gasteiger partial charge in [-0.1, -0.05) is 118 Å². The van der Waals surface area contributed by atoms with Gasteiger partial charge in [0.2, 0.25) is 10.0 Å². The second kappa shape index (κ2) is 16.1. The fourth-order valence-corrected chi connectivity index (χ4v) is 15.9. The zero-order chi connectivity index (χ0) is 40.7. The number of allylic oxidation sites excluding steroid dienone is 1. The van der Waals surface area contributed by atoms with Crippen molar-refractivity contribution < 1.29 is 27.5 Å². The van der Waals surface area contributed by atoms with Crippen molar-refractivity contribution in [2.45, 2.75) is 100 Å². The highest BCUT2D eigenvalue weighted by molar-refractivity contribution is 7.90. The molecule has 10 heteroatoms. The molecule has 0 radical (unpaired) electrons. The first kappa shape index (κ1) is 40.6. The number of anilines is 1. The maximum absolute atomic E-state index is 13.9. The molecule has 2 aliphatic heterocycles. The monoisotopic (exact) mass is 818 g/mol. The minimum absolute atomic E-state index is 0.0354. The number of ether oxygens (including phenoxy) is 1. The van der Waals surface area contributed by atoms with Crippen LogP contribution in [0.25, 0.3) is 0 Å². The maximum atomic E-state index is 13.9. The van der Waals surface area contributed by atoms with Crippen molar-refractivity contribution in [2.24, 2.45) is 11.8 Å². The standard InChI is InChI=1S/C48H58N2O6SSi/c1-34-16-11-14-24-44(51)40-27-26-39(40)43(31-56-58(47(2,3)4,37-19-7-5-8-20-37)38-21-9-6-10-22-38)50-32-48(29-15-18-35-17-12-13-23-41(35)48)33-55-45-28-25-36(30-42(45)50)46(52)49-57(34,53)54/h5-10,12-14,17,19-25,28,30,34,39-40,43-44,51H,11,15-16,18,26-27,29,31-33H2,1-4H3,(H,49,52). The molecule has 8 rings (SSSR count). The van der Waals surface area contributed by atoms with E-state index in [4.69, 9.17) is 9.16 Å². The number of rotatable bonds is 5. The van der Waals surface area contributed by atoms with Crippen molar-refractivity contribution in [2.75, 3.05) is 24.7 Å². The van der Waals surface area contributed by atoms with Gasteiger partial charge in [0.1, 0.15) is 5.75 Å². The Labute approximate surface area is 345 Å². The van der Waals surface area contributed by atoms with Gasteiger partial charge in [0.05, 0.1) is 36.3 Å². The summed E-state index contributed by atoms with van der Waals surface area (Å²) in [6.07, 6.45) is 8.59. The molecule has 306 valence electrons. The molecule has 0 saturated heterocycles. The Balaban J connectivity index is 1.32. The van der Waals surface area contributed by atoms with E-state index in [0.717, 1.165) is 37.8 Å². The minimum atomic E-state index is -3.96. The third kappa shape index (κ3) is 7.46. The molecule has 2 bridgehead atoms. The summed E-state index contributed by atoms with van der Waals surface area (Å²) in [7, 11) is -6.97. The van der Waals surface area contributed by atoms with Crippen LogP contribution in [0.3, 0.4) is 0 Å². The van der Waals surface area contributed by atoms with Gasteiger partial charge in [0.25, 0.3) is 14.2 Å². The number of nitrogens with zero attached hydrogens (tertiary/aromatic N) is 1. The number of fused-ring (bicyclic) bond motifs is 4. The van der Waals surface area contributed by atoms with Crippen molar-refractivity contribution in [3.63, 3.8) is 0 Å². The van der Waals surface area contributed by atoms with Crippen LogP contribution in [-0.4, -0.2) is 64.9 Å². The van der Waals surface area contributed by atoms with E-state index in [1.165, 1.54) is 21.5 Å². The highest BCUT2D eigenvalue weighted by atomic mass is 32.2. The van der Waals surface area contributed by atoms with Crippen LogP contribution in [-0.2, 0) is 26.3 Å². The molecule has 4 aromatic rings. The lowest BCUT2D eigenvalue weighted by Gasteiger charge is -2.52. The third-order valence-corrected chi connectivity index (χ3v) is 20.4. The van der Waals surface area contributed by atoms with Crippen LogP contribution in [0.15, 0.2) is 115 Å². The van der Waals surface area contributed by atoms with Crippen LogP contribution in [0.1, 0.15) is 87.7 Å². The van der Waals surface area contributed by atoms with Crippen LogP contribution < -0.4 is 24.7 Å². The summed E-state index contributed by atoms with van der Waals surface area (Å²) in [4.78, 5) is 16.4. The summed E-state index contributed by atoms with van der Waals surface area (Å²) in [6, 6.07) is 35.2. The number of benzene rings is 4. The third-order valence-electron chi connectivity index (χ3n) is 13.6. The normalized spacial score (nSPS) is 27.3. The summed E-state index contributed by atoms with van der Waals surface area (Å²) >= 11 is 0. The van der Waals surface area contributed by atoms with E-state index in [1.54, 1.807) is 13.0 Å². The van der Waals surface area contributed by atoms with Crippen LogP contribution in [0.5, 0.6) is 5.75 Å². The van der Waals surface area contributed by atoms with E-state index in [0.29, 0.717) is 38.3 Å². The fraction of sp³-hybridized carbons (Fsp3) is 0.438. The van der Waals surface area contributed by atoms with E-state index < -0.39 is 35.6 Å². The van der Waals surface area contributed by atoms with Gasteiger partial charge in [0.15, 0.2) is 0 Å². The van der Waals surface area contributed by atoms with E-state index in [2.05, 4.69) is 115 Å². The molecule has 1 amide bonds. The minimum Gasteiger partial charge on any atom is -0.490 e. The number of aryl methyl sites for hydroxylation is 1. The average molecular weight is 819 g/mol. The number of sulfonamides is 1. The lowest BCUT2D eigenvalue weighted by Crippen LogP contribution is -2.68. The number of hydrogen-bond acceptors (Lipinski definition) is 7. The van der Waals surface area contributed by atoms with Crippen molar-refractivity contribution in [1.29, 1.82) is 0 Å². The Morgan fingerprint density at radius 3 is 2.26 bits per heavy atom. The fourth-order valence-electron chi connectivity index (χ4n) is 10.3. The Bertz CT molecular complexity index is 2200. The van der Waals surface area contributed by atoms with Gasteiger partial charge >= 0.3 is 0 Å². The van der Waals surface area contributed by atoms with Gasteiger partial charge in [-0.3, -0.25) is 4.79 Å². The first-order valence-electron chi connectivity index (χ1n) is 21.1. The zero-order valence-electron chi connectivity index (χ0n) is 34.3. The summed E-state index contributed by atoms with van der Waals surface area (Å²) in [5, 5.41) is 13.2. The van der Waals surface area contributed by atoms with Crippen LogP contribution in [0, 0.1) is 11.8 Å². The van der Waals surface area contributed by atoms with Crippen LogP contribution in [0.4, 0.5) is 5.69 Å². The number of amides is 1. The lowest BCUT2D eigenvalue weighted by atomic mass is 9.65. The zero-order valence-corrected chi connectivity index (χ0v) is 36.1. The SMILES string of the molecule is CC1CCC=CC(O)C2CCC2C(CO[Si](c2ccccc2)(c2ccccc2)C(C)(C)C)N2CC3(CCCc4ccccc43)COc3ccc(cc32)C(=O)NS1(=O)=O. The van der Waals surface area contributed by atoms with Crippen molar-refractivity contribution >= 4 is 40.3 Å². The molecule has 1 saturated carbocycles.